The van der Waals surface area contributed by atoms with Crippen molar-refractivity contribution in [1.29, 1.82) is 0 Å². The standard InChI is InChI=1S/C21H28N4O/c1-3-22-21(24-15-19-12-8-7-9-17(19)2)25-16-20(26)23-14-13-18-10-5-4-6-11-18/h4-12H,3,13-16H2,1-2H3,(H,23,26)(H2,22,24,25). The molecule has 0 heterocycles. The van der Waals surface area contributed by atoms with Crippen molar-refractivity contribution >= 4 is 11.9 Å². The molecule has 0 aliphatic heterocycles. The lowest BCUT2D eigenvalue weighted by Crippen LogP contribution is -2.43. The number of nitrogens with zero attached hydrogens (tertiary/aromatic N) is 1. The van der Waals surface area contributed by atoms with Crippen LogP contribution in [0.2, 0.25) is 0 Å². The van der Waals surface area contributed by atoms with Gasteiger partial charge in [-0.3, -0.25) is 4.79 Å². The maximum absolute atomic E-state index is 12.0. The van der Waals surface area contributed by atoms with Crippen LogP contribution in [0.3, 0.4) is 0 Å². The second-order valence-electron chi connectivity index (χ2n) is 6.06. The Morgan fingerprint density at radius 1 is 0.962 bits per heavy atom. The van der Waals surface area contributed by atoms with E-state index in [-0.39, 0.29) is 12.5 Å². The minimum absolute atomic E-state index is 0.0394. The Labute approximate surface area is 155 Å². The van der Waals surface area contributed by atoms with Crippen molar-refractivity contribution in [1.82, 2.24) is 16.0 Å². The Balaban J connectivity index is 1.77. The third-order valence-electron chi connectivity index (χ3n) is 4.01. The first-order chi connectivity index (χ1) is 12.7. The maximum Gasteiger partial charge on any atom is 0.239 e. The Morgan fingerprint density at radius 2 is 1.69 bits per heavy atom. The van der Waals surface area contributed by atoms with Crippen molar-refractivity contribution in [2.75, 3.05) is 19.6 Å². The lowest BCUT2D eigenvalue weighted by molar-refractivity contribution is -0.119. The zero-order valence-electron chi connectivity index (χ0n) is 15.6. The number of nitrogens with one attached hydrogen (secondary N) is 3. The second kappa shape index (κ2) is 10.9. The van der Waals surface area contributed by atoms with Crippen molar-refractivity contribution in [3.8, 4) is 0 Å². The number of aryl methyl sites for hydroxylation is 1. The summed E-state index contributed by atoms with van der Waals surface area (Å²) >= 11 is 0. The zero-order chi connectivity index (χ0) is 18.6. The molecule has 0 bridgehead atoms. The van der Waals surface area contributed by atoms with E-state index in [1.54, 1.807) is 0 Å². The fraction of sp³-hybridized carbons (Fsp3) is 0.333. The molecule has 2 aromatic rings. The van der Waals surface area contributed by atoms with Gasteiger partial charge in [-0.2, -0.15) is 0 Å². The normalized spacial score (nSPS) is 11.1. The predicted octanol–water partition coefficient (Wildman–Crippen LogP) is 2.41. The van der Waals surface area contributed by atoms with Crippen LogP contribution >= 0.6 is 0 Å². The fourth-order valence-electron chi connectivity index (χ4n) is 2.51. The van der Waals surface area contributed by atoms with E-state index in [0.29, 0.717) is 19.0 Å². The molecule has 26 heavy (non-hydrogen) atoms. The predicted molar refractivity (Wildman–Crippen MR) is 107 cm³/mol. The minimum Gasteiger partial charge on any atom is -0.357 e. The molecule has 0 spiro atoms. The Kier molecular flexibility index (Phi) is 8.19. The summed E-state index contributed by atoms with van der Waals surface area (Å²) in [7, 11) is 0. The molecule has 0 saturated carbocycles. The molecular weight excluding hydrogens is 324 g/mol. The second-order valence-corrected chi connectivity index (χ2v) is 6.06. The van der Waals surface area contributed by atoms with Crippen molar-refractivity contribution in [2.24, 2.45) is 4.99 Å². The lowest BCUT2D eigenvalue weighted by atomic mass is 10.1. The third-order valence-corrected chi connectivity index (χ3v) is 4.01. The monoisotopic (exact) mass is 352 g/mol. The highest BCUT2D eigenvalue weighted by molar-refractivity contribution is 5.86. The van der Waals surface area contributed by atoms with Gasteiger partial charge in [0.2, 0.25) is 5.91 Å². The van der Waals surface area contributed by atoms with Crippen molar-refractivity contribution in [3.05, 3.63) is 71.3 Å². The summed E-state index contributed by atoms with van der Waals surface area (Å²) in [5.41, 5.74) is 3.61. The van der Waals surface area contributed by atoms with Crippen LogP contribution in [0.1, 0.15) is 23.6 Å². The van der Waals surface area contributed by atoms with Crippen LogP contribution < -0.4 is 16.0 Å². The average Bonchev–Trinajstić information content (AvgIpc) is 2.66. The Morgan fingerprint density at radius 3 is 2.42 bits per heavy atom. The van der Waals surface area contributed by atoms with Gasteiger partial charge >= 0.3 is 0 Å². The summed E-state index contributed by atoms with van der Waals surface area (Å²) in [4.78, 5) is 16.6. The van der Waals surface area contributed by atoms with Gasteiger partial charge in [-0.15, -0.1) is 0 Å². The van der Waals surface area contributed by atoms with Gasteiger partial charge in [0.15, 0.2) is 5.96 Å². The molecule has 0 radical (unpaired) electrons. The first-order valence-electron chi connectivity index (χ1n) is 9.06. The van der Waals surface area contributed by atoms with Crippen LogP contribution in [-0.2, 0) is 17.8 Å². The largest absolute Gasteiger partial charge is 0.357 e. The summed E-state index contributed by atoms with van der Waals surface area (Å²) in [5.74, 6) is 0.608. The quantitative estimate of drug-likeness (QED) is 0.505. The van der Waals surface area contributed by atoms with Gasteiger partial charge in [-0.05, 0) is 37.0 Å². The van der Waals surface area contributed by atoms with E-state index < -0.39 is 0 Å². The lowest BCUT2D eigenvalue weighted by Gasteiger charge is -2.12. The fourth-order valence-corrected chi connectivity index (χ4v) is 2.51. The Bertz CT molecular complexity index is 713. The van der Waals surface area contributed by atoms with Crippen LogP contribution in [0.4, 0.5) is 0 Å². The van der Waals surface area contributed by atoms with Crippen LogP contribution in [0, 0.1) is 6.92 Å². The van der Waals surface area contributed by atoms with Crippen molar-refractivity contribution in [2.45, 2.75) is 26.8 Å². The molecular formula is C21H28N4O. The van der Waals surface area contributed by atoms with E-state index in [2.05, 4.69) is 52.1 Å². The number of rotatable bonds is 8. The molecule has 0 aliphatic rings. The molecule has 5 heteroatoms. The number of carbonyl (C=O) groups is 1. The van der Waals surface area contributed by atoms with Gasteiger partial charge in [0, 0.05) is 13.1 Å². The number of hydrogen-bond donors (Lipinski definition) is 3. The molecule has 2 aromatic carbocycles. The van der Waals surface area contributed by atoms with Gasteiger partial charge in [0.1, 0.15) is 0 Å². The van der Waals surface area contributed by atoms with Gasteiger partial charge in [0.25, 0.3) is 0 Å². The molecule has 1 amide bonds. The van der Waals surface area contributed by atoms with Crippen LogP contribution in [0.5, 0.6) is 0 Å². The first kappa shape index (κ1) is 19.5. The Hall–Kier alpha value is -2.82. The highest BCUT2D eigenvalue weighted by Crippen LogP contribution is 2.07. The maximum atomic E-state index is 12.0. The first-order valence-corrected chi connectivity index (χ1v) is 9.06. The summed E-state index contributed by atoms with van der Waals surface area (Å²) < 4.78 is 0. The van der Waals surface area contributed by atoms with Crippen LogP contribution in [-0.4, -0.2) is 31.5 Å². The summed E-state index contributed by atoms with van der Waals surface area (Å²) in [6.07, 6.45) is 0.827. The number of guanidine groups is 1. The number of amides is 1. The summed E-state index contributed by atoms with van der Waals surface area (Å²) in [6, 6.07) is 18.3. The average molecular weight is 352 g/mol. The molecule has 0 unspecified atom stereocenters. The molecule has 0 atom stereocenters. The van der Waals surface area contributed by atoms with E-state index in [0.717, 1.165) is 13.0 Å². The zero-order valence-corrected chi connectivity index (χ0v) is 15.6. The molecule has 3 N–H and O–H groups in total. The topological polar surface area (TPSA) is 65.5 Å². The van der Waals surface area contributed by atoms with Gasteiger partial charge in [-0.1, -0.05) is 54.6 Å². The van der Waals surface area contributed by atoms with Gasteiger partial charge in [-0.25, -0.2) is 4.99 Å². The molecule has 5 nitrogen and oxygen atoms in total. The highest BCUT2D eigenvalue weighted by atomic mass is 16.1. The summed E-state index contributed by atoms with van der Waals surface area (Å²) in [5, 5.41) is 9.18. The molecule has 138 valence electrons. The highest BCUT2D eigenvalue weighted by Gasteiger charge is 2.04. The molecule has 0 fully saturated rings. The third kappa shape index (κ3) is 6.97. The molecule has 0 aromatic heterocycles. The van der Waals surface area contributed by atoms with Gasteiger partial charge < -0.3 is 16.0 Å². The van der Waals surface area contributed by atoms with E-state index in [1.807, 2.05) is 37.3 Å². The van der Waals surface area contributed by atoms with Gasteiger partial charge in [0.05, 0.1) is 13.1 Å². The van der Waals surface area contributed by atoms with E-state index in [4.69, 9.17) is 0 Å². The van der Waals surface area contributed by atoms with E-state index >= 15 is 0 Å². The number of aliphatic imine (C=N–C) groups is 1. The summed E-state index contributed by atoms with van der Waals surface area (Å²) in [6.45, 7) is 6.24. The van der Waals surface area contributed by atoms with Crippen molar-refractivity contribution < 1.29 is 4.79 Å². The number of benzene rings is 2. The smallest absolute Gasteiger partial charge is 0.239 e. The van der Waals surface area contributed by atoms with E-state index in [1.165, 1.54) is 16.7 Å². The van der Waals surface area contributed by atoms with Crippen LogP contribution in [0.25, 0.3) is 0 Å². The molecule has 0 saturated heterocycles. The minimum atomic E-state index is -0.0394. The SMILES string of the molecule is CCNC(=NCc1ccccc1C)NCC(=O)NCCc1ccccc1. The molecule has 0 aliphatic carbocycles. The van der Waals surface area contributed by atoms with Crippen LogP contribution in [0.15, 0.2) is 59.6 Å². The number of carbonyl (C=O) groups excluding carboxylic acids is 1. The molecule has 2 rings (SSSR count). The van der Waals surface area contributed by atoms with Crippen molar-refractivity contribution in [3.63, 3.8) is 0 Å². The van der Waals surface area contributed by atoms with E-state index in [9.17, 15) is 4.79 Å². The number of hydrogen-bond acceptors (Lipinski definition) is 2.